The van der Waals surface area contributed by atoms with Crippen molar-refractivity contribution in [1.29, 1.82) is 0 Å². The number of hydrogen-bond acceptors (Lipinski definition) is 7. The van der Waals surface area contributed by atoms with E-state index in [2.05, 4.69) is 55.4 Å². The maximum Gasteiger partial charge on any atom is 0.247 e. The third-order valence-electron chi connectivity index (χ3n) is 5.47. The van der Waals surface area contributed by atoms with Gasteiger partial charge in [0, 0.05) is 71.4 Å². The van der Waals surface area contributed by atoms with Gasteiger partial charge in [0.1, 0.15) is 5.69 Å². The molecule has 1 aromatic carbocycles. The van der Waals surface area contributed by atoms with Crippen LogP contribution in [0.15, 0.2) is 58.6 Å². The zero-order chi connectivity index (χ0) is 22.7. The first-order valence-corrected chi connectivity index (χ1v) is 12.2. The molecule has 168 valence electrons. The van der Waals surface area contributed by atoms with Gasteiger partial charge in [0.25, 0.3) is 0 Å². The Kier molecular flexibility index (Phi) is 6.66. The zero-order valence-corrected chi connectivity index (χ0v) is 19.8. The van der Waals surface area contributed by atoms with Gasteiger partial charge in [0.2, 0.25) is 5.95 Å². The van der Waals surface area contributed by atoms with Crippen LogP contribution in [0.2, 0.25) is 0 Å². The number of rotatable bonds is 6. The summed E-state index contributed by atoms with van der Waals surface area (Å²) < 4.78 is 13.3. The van der Waals surface area contributed by atoms with Gasteiger partial charge >= 0.3 is 0 Å². The van der Waals surface area contributed by atoms with Crippen LogP contribution in [0.5, 0.6) is 0 Å². The maximum absolute atomic E-state index is 11.6. The van der Waals surface area contributed by atoms with Gasteiger partial charge in [-0.15, -0.1) is 5.10 Å². The Hall–Kier alpha value is -3.04. The van der Waals surface area contributed by atoms with E-state index in [0.29, 0.717) is 17.3 Å². The van der Waals surface area contributed by atoms with Gasteiger partial charge in [-0.25, -0.2) is 9.51 Å². The minimum absolute atomic E-state index is 0.516. The van der Waals surface area contributed by atoms with Crippen LogP contribution in [-0.4, -0.2) is 68.9 Å². The first-order chi connectivity index (χ1) is 15.4. The molecule has 1 fully saturated rings. The van der Waals surface area contributed by atoms with Gasteiger partial charge in [0.15, 0.2) is 5.65 Å². The fourth-order valence-electron chi connectivity index (χ4n) is 3.61. The van der Waals surface area contributed by atoms with Gasteiger partial charge in [-0.1, -0.05) is 6.07 Å². The van der Waals surface area contributed by atoms with Crippen LogP contribution < -0.4 is 10.2 Å². The van der Waals surface area contributed by atoms with Gasteiger partial charge in [-0.3, -0.25) is 4.21 Å². The molecule has 1 aliphatic rings. The Morgan fingerprint density at radius 3 is 2.69 bits per heavy atom. The molecule has 1 unspecified atom stereocenters. The number of nitrogens with zero attached hydrogens (tertiary/aromatic N) is 6. The van der Waals surface area contributed by atoms with E-state index in [4.69, 9.17) is 0 Å². The van der Waals surface area contributed by atoms with E-state index in [0.717, 1.165) is 42.5 Å². The topological polar surface area (TPSA) is 78.1 Å². The second kappa shape index (κ2) is 9.62. The fourth-order valence-corrected chi connectivity index (χ4v) is 3.94. The van der Waals surface area contributed by atoms with Crippen LogP contribution in [-0.2, 0) is 10.8 Å². The average Bonchev–Trinajstić information content (AvgIpc) is 3.18. The van der Waals surface area contributed by atoms with E-state index in [1.165, 1.54) is 5.69 Å². The summed E-state index contributed by atoms with van der Waals surface area (Å²) >= 11 is 0. The van der Waals surface area contributed by atoms with E-state index in [1.807, 2.05) is 44.3 Å². The number of nitrogens with one attached hydrogen (secondary N) is 1. The van der Waals surface area contributed by atoms with E-state index in [9.17, 15) is 4.21 Å². The number of hydrogen-bond donors (Lipinski definition) is 1. The highest BCUT2D eigenvalue weighted by atomic mass is 32.2. The molecule has 0 bridgehead atoms. The standard InChI is InChI=1S/C23H29N7OS/c1-17(15-18(2)32(4)31)24-21-9-6-10-30-22(21)26-23(27-30)25-19-7-5-8-20(16-19)29-13-11-28(3)12-14-29/h5-10,15-16H,11-14H2,1-4H3,(H,25,27)/b18-15+,24-17?. The van der Waals surface area contributed by atoms with Crippen molar-refractivity contribution in [2.24, 2.45) is 4.99 Å². The Morgan fingerprint density at radius 2 is 1.94 bits per heavy atom. The molecule has 4 rings (SSSR count). The van der Waals surface area contributed by atoms with Gasteiger partial charge in [-0.2, -0.15) is 4.98 Å². The molecule has 3 heterocycles. The minimum Gasteiger partial charge on any atom is -0.369 e. The Bertz CT molecular complexity index is 1190. The minimum atomic E-state index is -1.01. The Balaban J connectivity index is 1.57. The molecular formula is C23H29N7OS. The van der Waals surface area contributed by atoms with E-state index in [-0.39, 0.29) is 0 Å². The number of anilines is 3. The second-order valence-corrected chi connectivity index (χ2v) is 9.58. The fraction of sp³-hybridized carbons (Fsp3) is 0.348. The lowest BCUT2D eigenvalue weighted by Gasteiger charge is -2.34. The first kappa shape index (κ1) is 22.2. The summed E-state index contributed by atoms with van der Waals surface area (Å²) in [5.74, 6) is 0.516. The summed E-state index contributed by atoms with van der Waals surface area (Å²) in [5, 5.41) is 7.89. The van der Waals surface area contributed by atoms with Crippen molar-refractivity contribution in [2.75, 3.05) is 49.7 Å². The van der Waals surface area contributed by atoms with Crippen molar-refractivity contribution >= 4 is 45.2 Å². The summed E-state index contributed by atoms with van der Waals surface area (Å²) in [7, 11) is 1.15. The van der Waals surface area contributed by atoms with Gasteiger partial charge < -0.3 is 15.1 Å². The van der Waals surface area contributed by atoms with Crippen LogP contribution in [0.4, 0.5) is 23.0 Å². The molecule has 0 amide bonds. The van der Waals surface area contributed by atoms with E-state index >= 15 is 0 Å². The van der Waals surface area contributed by atoms with Crippen molar-refractivity contribution in [3.63, 3.8) is 0 Å². The summed E-state index contributed by atoms with van der Waals surface area (Å²) in [4.78, 5) is 14.8. The molecule has 0 radical (unpaired) electrons. The van der Waals surface area contributed by atoms with E-state index < -0.39 is 10.8 Å². The monoisotopic (exact) mass is 451 g/mol. The lowest BCUT2D eigenvalue weighted by atomic mass is 10.2. The highest BCUT2D eigenvalue weighted by Gasteiger charge is 2.15. The molecule has 32 heavy (non-hydrogen) atoms. The molecule has 1 aliphatic heterocycles. The van der Waals surface area contributed by atoms with Crippen molar-refractivity contribution in [3.8, 4) is 0 Å². The predicted molar refractivity (Wildman–Crippen MR) is 133 cm³/mol. The molecule has 0 aliphatic carbocycles. The van der Waals surface area contributed by atoms with Gasteiger partial charge in [0.05, 0.1) is 0 Å². The molecule has 1 saturated heterocycles. The molecular weight excluding hydrogens is 422 g/mol. The van der Waals surface area contributed by atoms with Crippen LogP contribution in [0.25, 0.3) is 5.65 Å². The lowest BCUT2D eigenvalue weighted by molar-refractivity contribution is 0.313. The predicted octanol–water partition coefficient (Wildman–Crippen LogP) is 3.60. The number of pyridine rings is 1. The quantitative estimate of drug-likeness (QED) is 0.577. The summed E-state index contributed by atoms with van der Waals surface area (Å²) in [6.45, 7) is 7.90. The molecule has 0 spiro atoms. The average molecular weight is 452 g/mol. The molecule has 0 saturated carbocycles. The Labute approximate surface area is 191 Å². The summed E-state index contributed by atoms with van der Waals surface area (Å²) in [6, 6.07) is 12.1. The van der Waals surface area contributed by atoms with Crippen molar-refractivity contribution in [2.45, 2.75) is 13.8 Å². The number of likely N-dealkylation sites (N-methyl/N-ethyl adjacent to an activating group) is 1. The molecule has 3 aromatic rings. The number of fused-ring (bicyclic) bond motifs is 1. The van der Waals surface area contributed by atoms with Crippen molar-refractivity contribution in [1.82, 2.24) is 19.5 Å². The van der Waals surface area contributed by atoms with Crippen LogP contribution >= 0.6 is 0 Å². The molecule has 9 heteroatoms. The molecule has 8 nitrogen and oxygen atoms in total. The maximum atomic E-state index is 11.6. The van der Waals surface area contributed by atoms with Crippen LogP contribution in [0, 0.1) is 0 Å². The van der Waals surface area contributed by atoms with Crippen molar-refractivity contribution < 1.29 is 4.21 Å². The highest BCUT2D eigenvalue weighted by molar-refractivity contribution is 7.88. The molecule has 1 atom stereocenters. The Morgan fingerprint density at radius 1 is 1.16 bits per heavy atom. The normalized spacial score (nSPS) is 17.1. The van der Waals surface area contributed by atoms with Crippen LogP contribution in [0.3, 0.4) is 0 Å². The number of allylic oxidation sites excluding steroid dienone is 2. The third kappa shape index (κ3) is 5.23. The third-order valence-corrected chi connectivity index (χ3v) is 6.50. The zero-order valence-electron chi connectivity index (χ0n) is 18.9. The van der Waals surface area contributed by atoms with Crippen LogP contribution in [0.1, 0.15) is 13.8 Å². The summed E-state index contributed by atoms with van der Waals surface area (Å²) in [6.07, 6.45) is 5.35. The largest absolute Gasteiger partial charge is 0.369 e. The number of piperazine rings is 1. The van der Waals surface area contributed by atoms with E-state index in [1.54, 1.807) is 10.8 Å². The molecule has 2 aromatic heterocycles. The second-order valence-electron chi connectivity index (χ2n) is 8.02. The number of benzene rings is 1. The smallest absolute Gasteiger partial charge is 0.247 e. The lowest BCUT2D eigenvalue weighted by Crippen LogP contribution is -2.44. The SMILES string of the molecule is CC(/C=C(\C)S(C)=O)=Nc1cccn2nc(Nc3cccc(N4CCN(C)CC4)c3)nc12. The number of aliphatic imine (C=N–C) groups is 1. The van der Waals surface area contributed by atoms with Crippen molar-refractivity contribution in [3.05, 3.63) is 53.6 Å². The molecule has 1 N–H and O–H groups in total. The van der Waals surface area contributed by atoms with Gasteiger partial charge in [-0.05, 0) is 57.3 Å². The highest BCUT2D eigenvalue weighted by Crippen LogP contribution is 2.25. The first-order valence-electron chi connectivity index (χ1n) is 10.6. The number of aromatic nitrogens is 3. The summed E-state index contributed by atoms with van der Waals surface area (Å²) in [5.41, 5.74) is 4.28.